The summed E-state index contributed by atoms with van der Waals surface area (Å²) < 4.78 is 24.1. The Morgan fingerprint density at radius 2 is 1.00 bits per heavy atom. The molecule has 0 saturated heterocycles. The largest absolute Gasteiger partial charge is 0.454 e. The second-order valence-corrected chi connectivity index (χ2v) is 21.7. The highest BCUT2D eigenvalue weighted by molar-refractivity contribution is 7.03. The average Bonchev–Trinajstić information content (AvgIpc) is 3.75. The van der Waals surface area contributed by atoms with E-state index in [0.29, 0.717) is 5.69 Å². The monoisotopic (exact) mass is 854 g/mol. The van der Waals surface area contributed by atoms with Gasteiger partial charge in [0.2, 0.25) is 0 Å². The normalized spacial score (nSPS) is 12.7. The molecule has 0 fully saturated rings. The number of fused-ring (bicyclic) bond motifs is 5. The van der Waals surface area contributed by atoms with Crippen LogP contribution < -0.4 is 20.2 Å². The molecule has 1 aliphatic heterocycles. The fraction of sp³-hybridized carbons (Fsp3) is 0.0333. The van der Waals surface area contributed by atoms with Crippen LogP contribution in [-0.2, 0) is 0 Å². The number of hydrogen-bond acceptors (Lipinski definition) is 3. The van der Waals surface area contributed by atoms with Crippen molar-refractivity contribution >= 4 is 85.3 Å². The molecule has 310 valence electrons. The maximum Gasteiger partial charge on any atom is 0.159 e. The average molecular weight is 855 g/mol. The number of hydrogen-bond donors (Lipinski definition) is 0. The van der Waals surface area contributed by atoms with Crippen molar-refractivity contribution in [1.29, 1.82) is 0 Å². The fourth-order valence-electron chi connectivity index (χ4n) is 10.2. The van der Waals surface area contributed by atoms with Gasteiger partial charge in [0.05, 0.1) is 17.1 Å². The molecule has 0 saturated carbocycles. The molecule has 1 aromatic heterocycles. The number of nitrogens with zero attached hydrogens (tertiary/aromatic N) is 2. The van der Waals surface area contributed by atoms with Gasteiger partial charge in [-0.3, -0.25) is 0 Å². The molecule has 0 amide bonds. The first-order valence-corrected chi connectivity index (χ1v) is 25.2. The van der Waals surface area contributed by atoms with E-state index < -0.39 is 8.07 Å². The minimum atomic E-state index is -2.40. The van der Waals surface area contributed by atoms with Crippen LogP contribution in [-0.4, -0.2) is 8.07 Å². The summed E-state index contributed by atoms with van der Waals surface area (Å²) >= 11 is 0. The Morgan fingerprint density at radius 1 is 0.400 bits per heavy atom. The zero-order valence-electron chi connectivity index (χ0n) is 36.0. The molecule has 0 spiro atoms. The molecule has 65 heavy (non-hydrogen) atoms. The Labute approximate surface area is 378 Å². The number of furan rings is 1. The lowest BCUT2D eigenvalue weighted by Gasteiger charge is -2.37. The number of anilines is 6. The van der Waals surface area contributed by atoms with Gasteiger partial charge in [0.25, 0.3) is 0 Å². The Kier molecular flexibility index (Phi) is 9.14. The van der Waals surface area contributed by atoms with Crippen molar-refractivity contribution in [3.05, 3.63) is 230 Å². The molecule has 1 aliphatic rings. The molecule has 12 rings (SSSR count). The summed E-state index contributed by atoms with van der Waals surface area (Å²) in [6.07, 6.45) is 0. The van der Waals surface area contributed by atoms with Crippen molar-refractivity contribution in [3.8, 4) is 33.4 Å². The quantitative estimate of drug-likeness (QED) is 0.142. The summed E-state index contributed by atoms with van der Waals surface area (Å²) in [7, 11) is -2.40. The Morgan fingerprint density at radius 3 is 1.74 bits per heavy atom. The first kappa shape index (κ1) is 38.7. The lowest BCUT2D eigenvalue weighted by Crippen LogP contribution is -2.56. The Bertz CT molecular complexity index is 3590. The highest BCUT2D eigenvalue weighted by Crippen LogP contribution is 2.49. The van der Waals surface area contributed by atoms with E-state index in [-0.39, 0.29) is 5.82 Å². The molecule has 0 unspecified atom stereocenters. The van der Waals surface area contributed by atoms with Crippen molar-refractivity contribution in [2.24, 2.45) is 0 Å². The third kappa shape index (κ3) is 6.30. The molecule has 11 aromatic rings. The Balaban J connectivity index is 1.06. The maximum atomic E-state index is 17.5. The van der Waals surface area contributed by atoms with E-state index in [9.17, 15) is 0 Å². The van der Waals surface area contributed by atoms with Crippen molar-refractivity contribution in [3.63, 3.8) is 0 Å². The SMILES string of the molecule is C[Si]1(C)c2cc(N(c3ccccc3)c3cccc4c3oc3ccccc34)ccc2-c2ccc(N(c3ccccc3)c3c(F)cc(-c4ccccc4)cc3-c3ccccc3)c3cccc1c23. The standard InChI is InChI=1S/C60H43FN2OSi/c1-65(2)56-32-18-29-50-53(63(44-25-13-6-14-26-44)59-51(41-21-9-4-10-22-41)37-42(38-52(59)61)40-19-7-3-8-20-40)36-35-48(58(50)56)47-34-33-45(39-57(47)65)62(43-23-11-5-12-24-43)54-30-17-28-49-46-27-15-16-31-55(46)64-60(49)54/h3-39H,1-2H3. The van der Waals surface area contributed by atoms with Crippen LogP contribution in [0.5, 0.6) is 0 Å². The number of rotatable bonds is 8. The van der Waals surface area contributed by atoms with E-state index in [4.69, 9.17) is 4.42 Å². The fourth-order valence-corrected chi connectivity index (χ4v) is 13.3. The van der Waals surface area contributed by atoms with E-state index in [1.54, 1.807) is 6.07 Å². The topological polar surface area (TPSA) is 19.6 Å². The molecule has 2 heterocycles. The lowest BCUT2D eigenvalue weighted by atomic mass is 9.93. The van der Waals surface area contributed by atoms with E-state index in [1.807, 2.05) is 78.9 Å². The summed E-state index contributed by atoms with van der Waals surface area (Å²) in [4.78, 5) is 4.48. The summed E-state index contributed by atoms with van der Waals surface area (Å²) in [5.74, 6) is -0.288. The predicted molar refractivity (Wildman–Crippen MR) is 274 cm³/mol. The van der Waals surface area contributed by atoms with Gasteiger partial charge in [0.15, 0.2) is 5.58 Å². The van der Waals surface area contributed by atoms with Crippen LogP contribution >= 0.6 is 0 Å². The van der Waals surface area contributed by atoms with Crippen LogP contribution in [0.1, 0.15) is 0 Å². The number of halogens is 1. The van der Waals surface area contributed by atoms with Crippen LogP contribution in [0.4, 0.5) is 38.5 Å². The Hall–Kier alpha value is -7.99. The van der Waals surface area contributed by atoms with Crippen LogP contribution in [0, 0.1) is 5.82 Å². The molecule has 0 aliphatic carbocycles. The van der Waals surface area contributed by atoms with Crippen LogP contribution in [0.3, 0.4) is 0 Å². The van der Waals surface area contributed by atoms with Crippen LogP contribution in [0.15, 0.2) is 229 Å². The molecular formula is C60H43FN2OSi. The summed E-state index contributed by atoms with van der Waals surface area (Å²) in [6.45, 7) is 4.94. The maximum absolute atomic E-state index is 17.5. The molecule has 3 nitrogen and oxygen atoms in total. The van der Waals surface area contributed by atoms with Gasteiger partial charge in [0.1, 0.15) is 19.5 Å². The molecule has 10 aromatic carbocycles. The van der Waals surface area contributed by atoms with Gasteiger partial charge in [-0.05, 0) is 110 Å². The number of benzene rings is 10. The number of para-hydroxylation sites is 4. The first-order chi connectivity index (χ1) is 31.9. The summed E-state index contributed by atoms with van der Waals surface area (Å²) in [5.41, 5.74) is 13.2. The molecular weight excluding hydrogens is 812 g/mol. The minimum absolute atomic E-state index is 0.288. The molecule has 0 radical (unpaired) electrons. The van der Waals surface area contributed by atoms with Gasteiger partial charge in [-0.2, -0.15) is 0 Å². The van der Waals surface area contributed by atoms with Crippen LogP contribution in [0.25, 0.3) is 66.1 Å². The van der Waals surface area contributed by atoms with Gasteiger partial charge < -0.3 is 14.2 Å². The third-order valence-electron chi connectivity index (χ3n) is 13.3. The second kappa shape index (κ2) is 15.4. The van der Waals surface area contributed by atoms with Crippen molar-refractivity contribution in [2.45, 2.75) is 13.1 Å². The van der Waals surface area contributed by atoms with Gasteiger partial charge in [-0.1, -0.05) is 171 Å². The van der Waals surface area contributed by atoms with Crippen LogP contribution in [0.2, 0.25) is 13.1 Å². The summed E-state index contributed by atoms with van der Waals surface area (Å²) in [6, 6.07) is 77.9. The van der Waals surface area contributed by atoms with Gasteiger partial charge >= 0.3 is 0 Å². The molecule has 0 bridgehead atoms. The van der Waals surface area contributed by atoms with E-state index >= 15 is 4.39 Å². The van der Waals surface area contributed by atoms with Crippen molar-refractivity contribution in [2.75, 3.05) is 9.80 Å². The second-order valence-electron chi connectivity index (χ2n) is 17.4. The first-order valence-electron chi connectivity index (χ1n) is 22.2. The smallest absolute Gasteiger partial charge is 0.159 e. The van der Waals surface area contributed by atoms with Gasteiger partial charge in [0, 0.05) is 38.8 Å². The minimum Gasteiger partial charge on any atom is -0.454 e. The molecule has 0 N–H and O–H groups in total. The van der Waals surface area contributed by atoms with Crippen molar-refractivity contribution in [1.82, 2.24) is 0 Å². The molecule has 5 heteroatoms. The van der Waals surface area contributed by atoms with Gasteiger partial charge in [-0.15, -0.1) is 0 Å². The van der Waals surface area contributed by atoms with Gasteiger partial charge in [-0.25, -0.2) is 4.39 Å². The highest BCUT2D eigenvalue weighted by Gasteiger charge is 2.37. The zero-order chi connectivity index (χ0) is 43.6. The zero-order valence-corrected chi connectivity index (χ0v) is 37.0. The lowest BCUT2D eigenvalue weighted by molar-refractivity contribution is 0.630. The van der Waals surface area contributed by atoms with Crippen molar-refractivity contribution < 1.29 is 8.81 Å². The van der Waals surface area contributed by atoms with E-state index in [2.05, 4.69) is 162 Å². The summed E-state index contributed by atoms with van der Waals surface area (Å²) in [5, 5.41) is 7.25. The highest BCUT2D eigenvalue weighted by atomic mass is 28.3. The third-order valence-corrected chi connectivity index (χ3v) is 16.8. The van der Waals surface area contributed by atoms with E-state index in [1.165, 1.54) is 26.9 Å². The predicted octanol–water partition coefficient (Wildman–Crippen LogP) is 16.0. The molecule has 0 atom stereocenters. The van der Waals surface area contributed by atoms with E-state index in [0.717, 1.165) is 78.0 Å².